The summed E-state index contributed by atoms with van der Waals surface area (Å²) in [6, 6.07) is 10.0. The van der Waals surface area contributed by atoms with Crippen LogP contribution in [0.15, 0.2) is 30.3 Å². The quantitative estimate of drug-likeness (QED) is 0.824. The number of nitrogens with zero attached hydrogens (tertiary/aromatic N) is 1. The van der Waals surface area contributed by atoms with Crippen LogP contribution >= 0.6 is 0 Å². The van der Waals surface area contributed by atoms with Gasteiger partial charge in [-0.2, -0.15) is 0 Å². The van der Waals surface area contributed by atoms with E-state index in [2.05, 4.69) is 23.2 Å². The third kappa shape index (κ3) is 1.99. The first-order valence-electron chi connectivity index (χ1n) is 6.53. The van der Waals surface area contributed by atoms with Gasteiger partial charge in [0, 0.05) is 11.3 Å². The fourth-order valence-electron chi connectivity index (χ4n) is 2.64. The zero-order valence-corrected chi connectivity index (χ0v) is 10.6. The minimum atomic E-state index is 0.261. The van der Waals surface area contributed by atoms with Gasteiger partial charge in [0.05, 0.1) is 0 Å². The summed E-state index contributed by atoms with van der Waals surface area (Å²) in [6.45, 7) is 1.95. The number of hydrogen-bond donors (Lipinski definition) is 1. The Hall–Kier alpha value is -1.83. The van der Waals surface area contributed by atoms with E-state index >= 15 is 0 Å². The van der Waals surface area contributed by atoms with E-state index in [0.29, 0.717) is 5.69 Å². The number of aryl methyl sites for hydroxylation is 3. The van der Waals surface area contributed by atoms with Crippen molar-refractivity contribution in [3.8, 4) is 17.0 Å². The van der Waals surface area contributed by atoms with Crippen molar-refractivity contribution in [2.24, 2.45) is 0 Å². The van der Waals surface area contributed by atoms with E-state index in [0.717, 1.165) is 17.7 Å². The van der Waals surface area contributed by atoms with Gasteiger partial charge in [0.1, 0.15) is 11.4 Å². The first-order valence-corrected chi connectivity index (χ1v) is 6.53. The van der Waals surface area contributed by atoms with Gasteiger partial charge in [-0.3, -0.25) is 0 Å². The lowest BCUT2D eigenvalue weighted by Gasteiger charge is -2.16. The summed E-state index contributed by atoms with van der Waals surface area (Å²) in [7, 11) is 0. The highest BCUT2D eigenvalue weighted by Gasteiger charge is 2.12. The molecule has 0 aliphatic heterocycles. The Morgan fingerprint density at radius 2 is 1.78 bits per heavy atom. The van der Waals surface area contributed by atoms with E-state index in [1.807, 2.05) is 13.0 Å². The zero-order valence-electron chi connectivity index (χ0n) is 10.6. The highest BCUT2D eigenvalue weighted by Crippen LogP contribution is 2.31. The first kappa shape index (κ1) is 11.3. The highest BCUT2D eigenvalue weighted by atomic mass is 16.3. The molecule has 0 fully saturated rings. The molecule has 0 radical (unpaired) electrons. The number of pyridine rings is 1. The maximum atomic E-state index is 9.93. The Kier molecular flexibility index (Phi) is 2.78. The molecule has 2 nitrogen and oxygen atoms in total. The normalized spacial score (nSPS) is 14.3. The van der Waals surface area contributed by atoms with Gasteiger partial charge >= 0.3 is 0 Å². The molecule has 1 N–H and O–H groups in total. The average molecular weight is 239 g/mol. The van der Waals surface area contributed by atoms with Gasteiger partial charge in [0.15, 0.2) is 0 Å². The molecule has 0 saturated heterocycles. The van der Waals surface area contributed by atoms with Crippen molar-refractivity contribution in [1.29, 1.82) is 0 Å². The van der Waals surface area contributed by atoms with Crippen LogP contribution in [0.5, 0.6) is 5.75 Å². The van der Waals surface area contributed by atoms with E-state index < -0.39 is 0 Å². The van der Waals surface area contributed by atoms with Gasteiger partial charge in [-0.1, -0.05) is 12.1 Å². The van der Waals surface area contributed by atoms with Crippen LogP contribution < -0.4 is 0 Å². The van der Waals surface area contributed by atoms with Crippen LogP contribution in [-0.4, -0.2) is 10.1 Å². The van der Waals surface area contributed by atoms with Crippen molar-refractivity contribution in [2.45, 2.75) is 32.6 Å². The number of benzene rings is 1. The molecular formula is C16H17NO. The molecule has 0 bridgehead atoms. The van der Waals surface area contributed by atoms with Crippen LogP contribution in [0, 0.1) is 6.92 Å². The van der Waals surface area contributed by atoms with Crippen molar-refractivity contribution in [1.82, 2.24) is 4.98 Å². The molecule has 18 heavy (non-hydrogen) atoms. The molecule has 1 aromatic carbocycles. The Bertz CT molecular complexity index is 590. The van der Waals surface area contributed by atoms with Crippen molar-refractivity contribution < 1.29 is 5.11 Å². The van der Waals surface area contributed by atoms with Crippen molar-refractivity contribution in [3.63, 3.8) is 0 Å². The van der Waals surface area contributed by atoms with E-state index in [4.69, 9.17) is 0 Å². The lowest BCUT2D eigenvalue weighted by atomic mass is 9.90. The van der Waals surface area contributed by atoms with Gasteiger partial charge in [0.2, 0.25) is 0 Å². The van der Waals surface area contributed by atoms with Gasteiger partial charge in [0.25, 0.3) is 0 Å². The molecular weight excluding hydrogens is 222 g/mol. The van der Waals surface area contributed by atoms with Crippen molar-refractivity contribution in [3.05, 3.63) is 47.2 Å². The summed E-state index contributed by atoms with van der Waals surface area (Å²) in [5.74, 6) is 0.261. The van der Waals surface area contributed by atoms with Crippen LogP contribution in [0.3, 0.4) is 0 Å². The third-order valence-electron chi connectivity index (χ3n) is 3.64. The number of aromatic nitrogens is 1. The molecule has 92 valence electrons. The predicted octanol–water partition coefficient (Wildman–Crippen LogP) is 3.64. The second-order valence-electron chi connectivity index (χ2n) is 5.01. The van der Waals surface area contributed by atoms with Crippen LogP contribution in [0.25, 0.3) is 11.3 Å². The molecule has 0 spiro atoms. The molecule has 1 aliphatic rings. The number of fused-ring (bicyclic) bond motifs is 1. The van der Waals surface area contributed by atoms with Gasteiger partial charge in [-0.25, -0.2) is 4.98 Å². The predicted molar refractivity (Wildman–Crippen MR) is 72.7 cm³/mol. The Morgan fingerprint density at radius 1 is 1.00 bits per heavy atom. The minimum absolute atomic E-state index is 0.261. The second kappa shape index (κ2) is 4.45. The molecule has 1 heterocycles. The molecule has 0 unspecified atom stereocenters. The molecule has 2 heteroatoms. The maximum Gasteiger partial charge on any atom is 0.141 e. The van der Waals surface area contributed by atoms with E-state index in [1.54, 1.807) is 6.07 Å². The van der Waals surface area contributed by atoms with Gasteiger partial charge in [-0.05, 0) is 61.9 Å². The Labute approximate surface area is 107 Å². The zero-order chi connectivity index (χ0) is 12.5. The summed E-state index contributed by atoms with van der Waals surface area (Å²) in [5.41, 5.74) is 5.53. The lowest BCUT2D eigenvalue weighted by molar-refractivity contribution is 0.474. The summed E-state index contributed by atoms with van der Waals surface area (Å²) >= 11 is 0. The Morgan fingerprint density at radius 3 is 2.61 bits per heavy atom. The first-order chi connectivity index (χ1) is 8.74. The molecule has 1 aliphatic carbocycles. The maximum absolute atomic E-state index is 9.93. The molecule has 0 atom stereocenters. The Balaban J connectivity index is 2.09. The summed E-state index contributed by atoms with van der Waals surface area (Å²) in [4.78, 5) is 4.44. The summed E-state index contributed by atoms with van der Waals surface area (Å²) in [6.07, 6.45) is 4.89. The van der Waals surface area contributed by atoms with Crippen molar-refractivity contribution >= 4 is 0 Å². The lowest BCUT2D eigenvalue weighted by Crippen LogP contribution is -2.02. The van der Waals surface area contributed by atoms with E-state index in [9.17, 15) is 5.11 Å². The third-order valence-corrected chi connectivity index (χ3v) is 3.64. The second-order valence-corrected chi connectivity index (χ2v) is 5.01. The molecule has 1 aromatic heterocycles. The number of aromatic hydroxyl groups is 1. The van der Waals surface area contributed by atoms with E-state index in [-0.39, 0.29) is 5.75 Å². The topological polar surface area (TPSA) is 33.1 Å². The highest BCUT2D eigenvalue weighted by molar-refractivity contribution is 5.67. The van der Waals surface area contributed by atoms with Gasteiger partial charge < -0.3 is 5.11 Å². The summed E-state index contributed by atoms with van der Waals surface area (Å²) < 4.78 is 0. The van der Waals surface area contributed by atoms with Gasteiger partial charge in [-0.15, -0.1) is 0 Å². The van der Waals surface area contributed by atoms with Crippen LogP contribution in [0.1, 0.15) is 29.7 Å². The van der Waals surface area contributed by atoms with Crippen LogP contribution in [-0.2, 0) is 12.8 Å². The fraction of sp³-hybridized carbons (Fsp3) is 0.312. The molecule has 2 aromatic rings. The molecule has 0 amide bonds. The standard InChI is InChI=1S/C16H17NO/c1-11-6-9-15(18)16(17-11)14-8-7-12-4-2-3-5-13(12)10-14/h6-10,18H,2-5H2,1H3. The summed E-state index contributed by atoms with van der Waals surface area (Å²) in [5, 5.41) is 9.93. The molecule has 3 rings (SSSR count). The minimum Gasteiger partial charge on any atom is -0.506 e. The smallest absolute Gasteiger partial charge is 0.141 e. The monoisotopic (exact) mass is 239 g/mol. The van der Waals surface area contributed by atoms with Crippen LogP contribution in [0.2, 0.25) is 0 Å². The molecule has 0 saturated carbocycles. The number of hydrogen-bond acceptors (Lipinski definition) is 2. The van der Waals surface area contributed by atoms with Crippen LogP contribution in [0.4, 0.5) is 0 Å². The van der Waals surface area contributed by atoms with Crippen molar-refractivity contribution in [2.75, 3.05) is 0 Å². The number of rotatable bonds is 1. The van der Waals surface area contributed by atoms with E-state index in [1.165, 1.54) is 30.4 Å². The fourth-order valence-corrected chi connectivity index (χ4v) is 2.64. The average Bonchev–Trinajstić information content (AvgIpc) is 2.41. The SMILES string of the molecule is Cc1ccc(O)c(-c2ccc3c(c2)CCCC3)n1. The largest absolute Gasteiger partial charge is 0.506 e.